The number of carbonyl (C=O) groups excluding carboxylic acids is 1. The van der Waals surface area contributed by atoms with Gasteiger partial charge in [0.15, 0.2) is 5.82 Å². The molecule has 0 aliphatic carbocycles. The fourth-order valence-electron chi connectivity index (χ4n) is 3.14. The van der Waals surface area contributed by atoms with Gasteiger partial charge in [-0.05, 0) is 34.7 Å². The van der Waals surface area contributed by atoms with Crippen LogP contribution in [0.15, 0.2) is 30.3 Å². The molecule has 1 fully saturated rings. The third-order valence-corrected chi connectivity index (χ3v) is 4.37. The number of benzene rings is 1. The molecule has 122 valence electrons. The monoisotopic (exact) mass is 313 g/mol. The van der Waals surface area contributed by atoms with Gasteiger partial charge >= 0.3 is 0 Å². The minimum atomic E-state index is 0.106. The number of hydrogen-bond donors (Lipinski definition) is 0. The lowest BCUT2D eigenvalue weighted by Crippen LogP contribution is -2.33. The lowest BCUT2D eigenvalue weighted by Gasteiger charge is -2.17. The third kappa shape index (κ3) is 3.75. The van der Waals surface area contributed by atoms with Crippen molar-refractivity contribution in [1.82, 2.24) is 25.1 Å². The van der Waals surface area contributed by atoms with Crippen molar-refractivity contribution in [1.29, 1.82) is 0 Å². The lowest BCUT2D eigenvalue weighted by molar-refractivity contribution is -0.131. The maximum absolute atomic E-state index is 12.5. The van der Waals surface area contributed by atoms with Crippen LogP contribution in [-0.2, 0) is 17.8 Å². The Morgan fingerprint density at radius 3 is 2.83 bits per heavy atom. The number of likely N-dealkylation sites (tertiary alicyclic amines) is 1. The number of aromatic nitrogens is 4. The summed E-state index contributed by atoms with van der Waals surface area (Å²) in [7, 11) is 0. The van der Waals surface area contributed by atoms with Crippen LogP contribution in [0.3, 0.4) is 0 Å². The molecule has 0 bridgehead atoms. The zero-order valence-electron chi connectivity index (χ0n) is 13.7. The van der Waals surface area contributed by atoms with Gasteiger partial charge in [-0.2, -0.15) is 0 Å². The first kappa shape index (κ1) is 15.6. The molecule has 23 heavy (non-hydrogen) atoms. The van der Waals surface area contributed by atoms with Gasteiger partial charge in [-0.25, -0.2) is 4.68 Å². The van der Waals surface area contributed by atoms with Crippen LogP contribution in [0, 0.1) is 5.92 Å². The first-order chi connectivity index (χ1) is 11.1. The summed E-state index contributed by atoms with van der Waals surface area (Å²) in [4.78, 5) is 14.4. The van der Waals surface area contributed by atoms with Crippen LogP contribution >= 0.6 is 0 Å². The van der Waals surface area contributed by atoms with Gasteiger partial charge in [-0.15, -0.1) is 5.10 Å². The van der Waals surface area contributed by atoms with Gasteiger partial charge in [0.25, 0.3) is 0 Å². The Morgan fingerprint density at radius 1 is 1.30 bits per heavy atom. The molecule has 1 unspecified atom stereocenters. The van der Waals surface area contributed by atoms with Crippen molar-refractivity contribution in [2.45, 2.75) is 39.2 Å². The van der Waals surface area contributed by atoms with Gasteiger partial charge in [0.2, 0.25) is 5.91 Å². The van der Waals surface area contributed by atoms with Gasteiger partial charge in [0.05, 0.1) is 0 Å². The summed E-state index contributed by atoms with van der Waals surface area (Å²) in [6, 6.07) is 10.5. The number of hydrogen-bond acceptors (Lipinski definition) is 4. The normalized spacial score (nSPS) is 17.9. The molecule has 1 saturated heterocycles. The van der Waals surface area contributed by atoms with Gasteiger partial charge in [0, 0.05) is 19.0 Å². The number of rotatable bonds is 5. The van der Waals surface area contributed by atoms with E-state index in [0.717, 1.165) is 31.8 Å². The Bertz CT molecular complexity index is 652. The van der Waals surface area contributed by atoms with Gasteiger partial charge in [0.1, 0.15) is 6.54 Å². The fraction of sp³-hybridized carbons (Fsp3) is 0.529. The highest BCUT2D eigenvalue weighted by atomic mass is 16.2. The van der Waals surface area contributed by atoms with E-state index < -0.39 is 0 Å². The zero-order chi connectivity index (χ0) is 16.2. The molecule has 2 heterocycles. The lowest BCUT2D eigenvalue weighted by atomic mass is 9.99. The van der Waals surface area contributed by atoms with Crippen molar-refractivity contribution in [3.8, 4) is 0 Å². The first-order valence-electron chi connectivity index (χ1n) is 8.21. The molecular formula is C17H23N5O. The molecular weight excluding hydrogens is 290 g/mol. The predicted octanol–water partition coefficient (Wildman–Crippen LogP) is 1.89. The van der Waals surface area contributed by atoms with E-state index in [0.29, 0.717) is 5.92 Å². The number of amides is 1. The van der Waals surface area contributed by atoms with Crippen molar-refractivity contribution in [3.63, 3.8) is 0 Å². The molecule has 1 aliphatic rings. The average molecular weight is 313 g/mol. The summed E-state index contributed by atoms with van der Waals surface area (Å²) in [5.41, 5.74) is 1.34. The zero-order valence-corrected chi connectivity index (χ0v) is 13.7. The molecule has 0 N–H and O–H groups in total. The van der Waals surface area contributed by atoms with E-state index in [-0.39, 0.29) is 18.4 Å². The van der Waals surface area contributed by atoms with Crippen LogP contribution in [0.2, 0.25) is 0 Å². The number of nitrogens with zero attached hydrogens (tertiary/aromatic N) is 5. The molecule has 1 aromatic carbocycles. The summed E-state index contributed by atoms with van der Waals surface area (Å²) in [5.74, 6) is 1.62. The van der Waals surface area contributed by atoms with Crippen LogP contribution < -0.4 is 0 Å². The Labute approximate surface area is 136 Å². The Morgan fingerprint density at radius 2 is 2.09 bits per heavy atom. The van der Waals surface area contributed by atoms with E-state index in [1.807, 2.05) is 24.8 Å². The highest BCUT2D eigenvalue weighted by molar-refractivity contribution is 5.76. The smallest absolute Gasteiger partial charge is 0.244 e. The van der Waals surface area contributed by atoms with Crippen LogP contribution in [0.4, 0.5) is 0 Å². The second-order valence-corrected chi connectivity index (χ2v) is 6.53. The minimum absolute atomic E-state index is 0.106. The number of tetrazole rings is 1. The van der Waals surface area contributed by atoms with Crippen LogP contribution in [0.1, 0.15) is 37.6 Å². The molecule has 3 rings (SSSR count). The van der Waals surface area contributed by atoms with E-state index in [9.17, 15) is 4.79 Å². The topological polar surface area (TPSA) is 63.9 Å². The average Bonchev–Trinajstić information content (AvgIpc) is 3.17. The fourth-order valence-corrected chi connectivity index (χ4v) is 3.14. The molecule has 1 aliphatic heterocycles. The molecule has 1 atom stereocenters. The largest absolute Gasteiger partial charge is 0.341 e. The summed E-state index contributed by atoms with van der Waals surface area (Å²) in [5, 5.41) is 11.6. The third-order valence-electron chi connectivity index (χ3n) is 4.37. The van der Waals surface area contributed by atoms with Crippen molar-refractivity contribution in [2.75, 3.05) is 13.1 Å². The SMILES string of the molecule is CC(C)c1nnnn1CC(=O)N1CCC(Cc2ccccc2)C1. The molecule has 6 nitrogen and oxygen atoms in total. The van der Waals surface area contributed by atoms with E-state index in [1.165, 1.54) is 5.56 Å². The van der Waals surface area contributed by atoms with Crippen LogP contribution in [-0.4, -0.2) is 44.1 Å². The molecule has 1 aromatic heterocycles. The molecule has 0 radical (unpaired) electrons. The minimum Gasteiger partial charge on any atom is -0.341 e. The quantitative estimate of drug-likeness (QED) is 0.845. The first-order valence-corrected chi connectivity index (χ1v) is 8.21. The molecule has 0 spiro atoms. The van der Waals surface area contributed by atoms with Gasteiger partial charge in [-0.3, -0.25) is 4.79 Å². The standard InChI is InChI=1S/C17H23N5O/c1-13(2)17-18-19-20-22(17)12-16(23)21-9-8-15(11-21)10-14-6-4-3-5-7-14/h3-7,13,15H,8-12H2,1-2H3. The molecule has 0 saturated carbocycles. The van der Waals surface area contributed by atoms with Crippen LogP contribution in [0.25, 0.3) is 0 Å². The second kappa shape index (κ2) is 6.89. The van der Waals surface area contributed by atoms with E-state index in [1.54, 1.807) is 4.68 Å². The van der Waals surface area contributed by atoms with E-state index in [2.05, 4.69) is 39.8 Å². The number of carbonyl (C=O) groups is 1. The Hall–Kier alpha value is -2.24. The van der Waals surface area contributed by atoms with Crippen molar-refractivity contribution in [3.05, 3.63) is 41.7 Å². The Kier molecular flexibility index (Phi) is 4.69. The highest BCUT2D eigenvalue weighted by Gasteiger charge is 2.27. The Balaban J connectivity index is 1.56. The van der Waals surface area contributed by atoms with Crippen molar-refractivity contribution < 1.29 is 4.79 Å². The van der Waals surface area contributed by atoms with E-state index in [4.69, 9.17) is 0 Å². The maximum Gasteiger partial charge on any atom is 0.244 e. The molecule has 6 heteroatoms. The summed E-state index contributed by atoms with van der Waals surface area (Å²) < 4.78 is 1.62. The summed E-state index contributed by atoms with van der Waals surface area (Å²) >= 11 is 0. The van der Waals surface area contributed by atoms with Crippen molar-refractivity contribution in [2.24, 2.45) is 5.92 Å². The maximum atomic E-state index is 12.5. The van der Waals surface area contributed by atoms with Crippen molar-refractivity contribution >= 4 is 5.91 Å². The highest BCUT2D eigenvalue weighted by Crippen LogP contribution is 2.21. The second-order valence-electron chi connectivity index (χ2n) is 6.53. The predicted molar refractivity (Wildman–Crippen MR) is 86.7 cm³/mol. The van der Waals surface area contributed by atoms with Gasteiger partial charge in [-0.1, -0.05) is 44.2 Å². The van der Waals surface area contributed by atoms with E-state index >= 15 is 0 Å². The molecule has 1 amide bonds. The van der Waals surface area contributed by atoms with Crippen LogP contribution in [0.5, 0.6) is 0 Å². The van der Waals surface area contributed by atoms with Gasteiger partial charge < -0.3 is 4.90 Å². The molecule has 2 aromatic rings. The summed E-state index contributed by atoms with van der Waals surface area (Å²) in [6.07, 6.45) is 2.10. The summed E-state index contributed by atoms with van der Waals surface area (Å²) in [6.45, 7) is 5.94.